The number of aryl methyl sites for hydroxylation is 2. The summed E-state index contributed by atoms with van der Waals surface area (Å²) in [7, 11) is -3.37. The van der Waals surface area contributed by atoms with E-state index in [2.05, 4.69) is 0 Å². The molecule has 68 valence electrons. The van der Waals surface area contributed by atoms with Crippen LogP contribution in [0.1, 0.15) is 15.3 Å². The van der Waals surface area contributed by atoms with Crippen molar-refractivity contribution in [3.8, 4) is 0 Å². The molecule has 0 aliphatic carbocycles. The number of nitrogens with two attached hydrogens (primary N) is 1. The zero-order chi connectivity index (χ0) is 9.35. The van der Waals surface area contributed by atoms with Gasteiger partial charge in [0.05, 0.1) is 5.75 Å². The molecule has 0 aliphatic rings. The fourth-order valence-electron chi connectivity index (χ4n) is 0.919. The van der Waals surface area contributed by atoms with Crippen LogP contribution in [0.3, 0.4) is 0 Å². The molecule has 1 aromatic heterocycles. The molecule has 3 nitrogen and oxygen atoms in total. The van der Waals surface area contributed by atoms with Crippen LogP contribution in [0.25, 0.3) is 0 Å². The Balaban J connectivity index is 2.92. The van der Waals surface area contributed by atoms with Gasteiger partial charge in [0, 0.05) is 9.75 Å². The molecule has 0 fully saturated rings. The highest BCUT2D eigenvalue weighted by atomic mass is 32.2. The fourth-order valence-corrected chi connectivity index (χ4v) is 2.98. The molecule has 1 aromatic rings. The zero-order valence-corrected chi connectivity index (χ0v) is 8.63. The Hall–Kier alpha value is -0.390. The first kappa shape index (κ1) is 9.70. The van der Waals surface area contributed by atoms with E-state index < -0.39 is 10.0 Å². The van der Waals surface area contributed by atoms with Gasteiger partial charge in [-0.25, -0.2) is 13.6 Å². The lowest BCUT2D eigenvalue weighted by molar-refractivity contribution is 0.597. The monoisotopic (exact) mass is 205 g/mol. The van der Waals surface area contributed by atoms with Gasteiger partial charge in [0.15, 0.2) is 0 Å². The smallest absolute Gasteiger partial charge is 0.214 e. The van der Waals surface area contributed by atoms with E-state index in [1.807, 2.05) is 19.9 Å². The van der Waals surface area contributed by atoms with Crippen LogP contribution in [0.4, 0.5) is 0 Å². The number of rotatable bonds is 2. The molecule has 0 saturated heterocycles. The van der Waals surface area contributed by atoms with E-state index >= 15 is 0 Å². The molecule has 0 aromatic carbocycles. The molecule has 0 saturated carbocycles. The second-order valence-corrected chi connectivity index (χ2v) is 5.71. The first-order valence-corrected chi connectivity index (χ1v) is 5.98. The lowest BCUT2D eigenvalue weighted by Crippen LogP contribution is -2.13. The third-order valence-corrected chi connectivity index (χ3v) is 3.61. The molecule has 0 unspecified atom stereocenters. The number of sulfonamides is 1. The van der Waals surface area contributed by atoms with Gasteiger partial charge in [0.1, 0.15) is 0 Å². The molecule has 2 N–H and O–H groups in total. The maximum absolute atomic E-state index is 10.7. The second kappa shape index (κ2) is 3.16. The van der Waals surface area contributed by atoms with Crippen LogP contribution in [0.2, 0.25) is 0 Å². The van der Waals surface area contributed by atoms with Crippen molar-refractivity contribution in [2.45, 2.75) is 19.6 Å². The Labute approximate surface area is 76.3 Å². The van der Waals surface area contributed by atoms with Crippen LogP contribution < -0.4 is 5.14 Å². The van der Waals surface area contributed by atoms with Gasteiger partial charge in [-0.2, -0.15) is 0 Å². The van der Waals surface area contributed by atoms with Crippen molar-refractivity contribution in [1.29, 1.82) is 0 Å². The zero-order valence-electron chi connectivity index (χ0n) is 6.99. The molecule has 0 radical (unpaired) electrons. The highest BCUT2D eigenvalue weighted by molar-refractivity contribution is 7.88. The highest BCUT2D eigenvalue weighted by Crippen LogP contribution is 2.21. The van der Waals surface area contributed by atoms with Crippen molar-refractivity contribution in [2.24, 2.45) is 5.14 Å². The van der Waals surface area contributed by atoms with Gasteiger partial charge in [0.25, 0.3) is 0 Å². The lowest BCUT2D eigenvalue weighted by Gasteiger charge is -1.91. The summed E-state index contributed by atoms with van der Waals surface area (Å²) in [5.41, 5.74) is 1.12. The Bertz CT molecular complexity index is 359. The fraction of sp³-hybridized carbons (Fsp3) is 0.429. The summed E-state index contributed by atoms with van der Waals surface area (Å²) in [6.07, 6.45) is 0. The van der Waals surface area contributed by atoms with Crippen LogP contribution in [0.5, 0.6) is 0 Å². The largest absolute Gasteiger partial charge is 0.228 e. The van der Waals surface area contributed by atoms with Crippen LogP contribution in [-0.2, 0) is 15.8 Å². The van der Waals surface area contributed by atoms with Crippen molar-refractivity contribution in [1.82, 2.24) is 0 Å². The van der Waals surface area contributed by atoms with E-state index in [0.29, 0.717) is 0 Å². The van der Waals surface area contributed by atoms with Crippen LogP contribution in [-0.4, -0.2) is 8.42 Å². The standard InChI is InChI=1S/C7H11NO2S2/c1-5-3-7(11-6(5)2)4-12(8,9)10/h3H,4H2,1-2H3,(H2,8,9,10). The summed E-state index contributed by atoms with van der Waals surface area (Å²) in [4.78, 5) is 1.96. The SMILES string of the molecule is Cc1cc(CS(N)(=O)=O)sc1C. The first-order valence-electron chi connectivity index (χ1n) is 3.45. The summed E-state index contributed by atoms with van der Waals surface area (Å²) in [6, 6.07) is 1.87. The van der Waals surface area contributed by atoms with Gasteiger partial charge in [-0.15, -0.1) is 11.3 Å². The first-order chi connectivity index (χ1) is 5.38. The Kier molecular flexibility index (Phi) is 2.55. The topological polar surface area (TPSA) is 60.2 Å². The molecule has 0 amide bonds. The Morgan fingerprint density at radius 3 is 2.42 bits per heavy atom. The second-order valence-electron chi connectivity index (χ2n) is 2.76. The number of primary sulfonamides is 1. The molecular weight excluding hydrogens is 194 g/mol. The predicted molar refractivity (Wildman–Crippen MR) is 50.6 cm³/mol. The maximum atomic E-state index is 10.7. The van der Waals surface area contributed by atoms with Crippen LogP contribution in [0, 0.1) is 13.8 Å². The van der Waals surface area contributed by atoms with E-state index in [1.54, 1.807) is 0 Å². The van der Waals surface area contributed by atoms with Crippen molar-refractivity contribution in [3.63, 3.8) is 0 Å². The number of hydrogen-bond donors (Lipinski definition) is 1. The van der Waals surface area contributed by atoms with E-state index in [1.165, 1.54) is 11.3 Å². The molecule has 1 heterocycles. The summed E-state index contributed by atoms with van der Waals surface area (Å²) in [5.74, 6) is -0.0493. The predicted octanol–water partition coefficient (Wildman–Crippen LogP) is 1.15. The normalized spacial score (nSPS) is 11.9. The molecule has 0 atom stereocenters. The van der Waals surface area contributed by atoms with Gasteiger partial charge >= 0.3 is 0 Å². The molecule has 12 heavy (non-hydrogen) atoms. The summed E-state index contributed by atoms with van der Waals surface area (Å²) >= 11 is 1.48. The Morgan fingerprint density at radius 1 is 1.50 bits per heavy atom. The quantitative estimate of drug-likeness (QED) is 0.787. The summed E-state index contributed by atoms with van der Waals surface area (Å²) in [5, 5.41) is 4.91. The molecule has 0 bridgehead atoms. The van der Waals surface area contributed by atoms with E-state index in [0.717, 1.165) is 15.3 Å². The number of thiophene rings is 1. The average molecular weight is 205 g/mol. The van der Waals surface area contributed by atoms with E-state index in [-0.39, 0.29) is 5.75 Å². The minimum Gasteiger partial charge on any atom is -0.228 e. The van der Waals surface area contributed by atoms with Crippen molar-refractivity contribution in [3.05, 3.63) is 21.4 Å². The van der Waals surface area contributed by atoms with Gasteiger partial charge in [0.2, 0.25) is 10.0 Å². The van der Waals surface area contributed by atoms with E-state index in [4.69, 9.17) is 5.14 Å². The van der Waals surface area contributed by atoms with Crippen molar-refractivity contribution >= 4 is 21.4 Å². The molecular formula is C7H11NO2S2. The van der Waals surface area contributed by atoms with Gasteiger partial charge in [-0.05, 0) is 25.5 Å². The molecule has 0 spiro atoms. The van der Waals surface area contributed by atoms with Crippen LogP contribution in [0.15, 0.2) is 6.07 Å². The number of hydrogen-bond acceptors (Lipinski definition) is 3. The minimum absolute atomic E-state index is 0.0493. The lowest BCUT2D eigenvalue weighted by atomic mass is 10.3. The van der Waals surface area contributed by atoms with Gasteiger partial charge in [-0.1, -0.05) is 0 Å². The Morgan fingerprint density at radius 2 is 2.08 bits per heavy atom. The third kappa shape index (κ3) is 2.58. The molecule has 5 heteroatoms. The minimum atomic E-state index is -3.37. The highest BCUT2D eigenvalue weighted by Gasteiger charge is 2.08. The van der Waals surface area contributed by atoms with Crippen molar-refractivity contribution in [2.75, 3.05) is 0 Å². The van der Waals surface area contributed by atoms with Crippen molar-refractivity contribution < 1.29 is 8.42 Å². The van der Waals surface area contributed by atoms with Gasteiger partial charge < -0.3 is 0 Å². The van der Waals surface area contributed by atoms with Crippen LogP contribution >= 0.6 is 11.3 Å². The third-order valence-electron chi connectivity index (χ3n) is 1.56. The summed E-state index contributed by atoms with van der Waals surface area (Å²) in [6.45, 7) is 3.92. The molecule has 1 rings (SSSR count). The summed E-state index contributed by atoms with van der Waals surface area (Å²) < 4.78 is 21.4. The van der Waals surface area contributed by atoms with Gasteiger partial charge in [-0.3, -0.25) is 0 Å². The molecule has 0 aliphatic heterocycles. The maximum Gasteiger partial charge on any atom is 0.214 e. The van der Waals surface area contributed by atoms with E-state index in [9.17, 15) is 8.42 Å². The average Bonchev–Trinajstić information content (AvgIpc) is 2.07.